The van der Waals surface area contributed by atoms with Crippen LogP contribution in [0.5, 0.6) is 0 Å². The van der Waals surface area contributed by atoms with Crippen LogP contribution in [0.3, 0.4) is 0 Å². The molecule has 0 saturated carbocycles. The molecule has 3 aromatic rings. The number of fused-ring (bicyclic) bond motifs is 1. The molecule has 6 heteroatoms. The lowest BCUT2D eigenvalue weighted by Gasteiger charge is -2.09. The third kappa shape index (κ3) is 4.71. The van der Waals surface area contributed by atoms with Crippen molar-refractivity contribution in [3.05, 3.63) is 75.2 Å². The quantitative estimate of drug-likeness (QED) is 0.537. The first-order valence-electron chi connectivity index (χ1n) is 8.05. The summed E-state index contributed by atoms with van der Waals surface area (Å²) < 4.78 is 1.68. The van der Waals surface area contributed by atoms with Gasteiger partial charge >= 0.3 is 0 Å². The van der Waals surface area contributed by atoms with Gasteiger partial charge in [-0.1, -0.05) is 46.3 Å². The Morgan fingerprint density at radius 1 is 0.885 bits per heavy atom. The number of nitrogens with one attached hydrogen (secondary N) is 2. The minimum atomic E-state index is -0.188. The standard InChI is InChI=1S/C20H16Br2N2O2/c21-16-7-8-17(22)18(12-16)24-19(25)9-10-23-20(26)15-6-5-13-3-1-2-4-14(13)11-15/h1-8,11-12H,9-10H2,(H,23,26)(H,24,25). The van der Waals surface area contributed by atoms with Gasteiger partial charge in [-0.3, -0.25) is 9.59 Å². The van der Waals surface area contributed by atoms with Gasteiger partial charge in [-0.2, -0.15) is 0 Å². The van der Waals surface area contributed by atoms with Crippen molar-refractivity contribution in [1.29, 1.82) is 0 Å². The number of amides is 2. The van der Waals surface area contributed by atoms with Crippen molar-refractivity contribution in [1.82, 2.24) is 5.32 Å². The molecule has 0 aliphatic heterocycles. The van der Waals surface area contributed by atoms with E-state index >= 15 is 0 Å². The summed E-state index contributed by atoms with van der Waals surface area (Å²) in [4.78, 5) is 24.3. The van der Waals surface area contributed by atoms with Gasteiger partial charge in [0, 0.05) is 27.5 Å². The molecule has 132 valence electrons. The maximum atomic E-state index is 12.3. The summed E-state index contributed by atoms with van der Waals surface area (Å²) in [6.07, 6.45) is 0.193. The van der Waals surface area contributed by atoms with E-state index in [9.17, 15) is 9.59 Å². The SMILES string of the molecule is O=C(CCNC(=O)c1ccc2ccccc2c1)Nc1cc(Br)ccc1Br. The van der Waals surface area contributed by atoms with Crippen molar-refractivity contribution < 1.29 is 9.59 Å². The molecule has 0 aromatic heterocycles. The van der Waals surface area contributed by atoms with Crippen molar-refractivity contribution in [3.63, 3.8) is 0 Å². The molecule has 0 fully saturated rings. The first-order chi connectivity index (χ1) is 12.5. The molecule has 0 spiro atoms. The lowest BCUT2D eigenvalue weighted by Crippen LogP contribution is -2.27. The number of rotatable bonds is 5. The van der Waals surface area contributed by atoms with Gasteiger partial charge in [-0.25, -0.2) is 0 Å². The van der Waals surface area contributed by atoms with Crippen LogP contribution in [0.1, 0.15) is 16.8 Å². The number of hydrogen-bond acceptors (Lipinski definition) is 2. The lowest BCUT2D eigenvalue weighted by atomic mass is 10.1. The third-order valence-corrected chi connectivity index (χ3v) is 5.04. The van der Waals surface area contributed by atoms with Gasteiger partial charge in [0.25, 0.3) is 5.91 Å². The van der Waals surface area contributed by atoms with Gasteiger partial charge < -0.3 is 10.6 Å². The van der Waals surface area contributed by atoms with Crippen LogP contribution in [0.25, 0.3) is 10.8 Å². The second-order valence-corrected chi connectivity index (χ2v) is 7.51. The number of carbonyl (C=O) groups excluding carboxylic acids is 2. The van der Waals surface area contributed by atoms with E-state index < -0.39 is 0 Å². The summed E-state index contributed by atoms with van der Waals surface area (Å²) >= 11 is 6.77. The van der Waals surface area contributed by atoms with Crippen LogP contribution in [0.4, 0.5) is 5.69 Å². The van der Waals surface area contributed by atoms with E-state index in [1.54, 1.807) is 6.07 Å². The molecule has 0 radical (unpaired) electrons. The zero-order valence-corrected chi connectivity index (χ0v) is 16.9. The first-order valence-corrected chi connectivity index (χ1v) is 9.63. The molecule has 0 aliphatic rings. The van der Waals surface area contributed by atoms with E-state index in [0.29, 0.717) is 11.3 Å². The van der Waals surface area contributed by atoms with Gasteiger partial charge in [0.05, 0.1) is 5.69 Å². The van der Waals surface area contributed by atoms with E-state index in [1.807, 2.05) is 54.6 Å². The van der Waals surface area contributed by atoms with Gasteiger partial charge in [-0.15, -0.1) is 0 Å². The summed E-state index contributed by atoms with van der Waals surface area (Å²) in [6, 6.07) is 19.0. The molecule has 0 heterocycles. The molecule has 2 N–H and O–H groups in total. The Kier molecular flexibility index (Phi) is 6.06. The molecule has 4 nitrogen and oxygen atoms in total. The van der Waals surface area contributed by atoms with E-state index in [4.69, 9.17) is 0 Å². The normalized spacial score (nSPS) is 10.5. The van der Waals surface area contributed by atoms with Crippen molar-refractivity contribution in [2.75, 3.05) is 11.9 Å². The number of carbonyl (C=O) groups is 2. The Morgan fingerprint density at radius 3 is 2.46 bits per heavy atom. The van der Waals surface area contributed by atoms with Crippen LogP contribution in [-0.4, -0.2) is 18.4 Å². The Morgan fingerprint density at radius 2 is 1.65 bits per heavy atom. The predicted octanol–water partition coefficient (Wildman–Crippen LogP) is 5.12. The highest BCUT2D eigenvalue weighted by atomic mass is 79.9. The van der Waals surface area contributed by atoms with Crippen LogP contribution in [0.15, 0.2) is 69.6 Å². The van der Waals surface area contributed by atoms with Crippen LogP contribution >= 0.6 is 31.9 Å². The van der Waals surface area contributed by atoms with Crippen LogP contribution in [0.2, 0.25) is 0 Å². The Bertz CT molecular complexity index is 973. The molecular formula is C20H16Br2N2O2. The van der Waals surface area contributed by atoms with Gasteiger partial charge in [0.1, 0.15) is 0 Å². The highest BCUT2D eigenvalue weighted by Crippen LogP contribution is 2.26. The average molecular weight is 476 g/mol. The highest BCUT2D eigenvalue weighted by Gasteiger charge is 2.09. The van der Waals surface area contributed by atoms with Crippen LogP contribution in [0, 0.1) is 0 Å². The Balaban J connectivity index is 1.54. The topological polar surface area (TPSA) is 58.2 Å². The monoisotopic (exact) mass is 474 g/mol. The van der Waals surface area contributed by atoms with Crippen molar-refractivity contribution in [2.45, 2.75) is 6.42 Å². The van der Waals surface area contributed by atoms with Crippen LogP contribution < -0.4 is 10.6 Å². The maximum Gasteiger partial charge on any atom is 0.251 e. The first kappa shape index (κ1) is 18.6. The minimum Gasteiger partial charge on any atom is -0.352 e. The largest absolute Gasteiger partial charge is 0.352 e. The van der Waals surface area contributed by atoms with Crippen molar-refractivity contribution in [2.24, 2.45) is 0 Å². The zero-order valence-electron chi connectivity index (χ0n) is 13.8. The molecule has 3 rings (SSSR count). The fourth-order valence-corrected chi connectivity index (χ4v) is 3.24. The smallest absolute Gasteiger partial charge is 0.251 e. The molecule has 2 amide bonds. The lowest BCUT2D eigenvalue weighted by molar-refractivity contribution is -0.116. The number of hydrogen-bond donors (Lipinski definition) is 2. The zero-order chi connectivity index (χ0) is 18.5. The van der Waals surface area contributed by atoms with Gasteiger partial charge in [0.15, 0.2) is 0 Å². The van der Waals surface area contributed by atoms with Gasteiger partial charge in [-0.05, 0) is 57.0 Å². The number of halogens is 2. The van der Waals surface area contributed by atoms with Crippen LogP contribution in [-0.2, 0) is 4.79 Å². The van der Waals surface area contributed by atoms with E-state index in [-0.39, 0.29) is 24.8 Å². The second-order valence-electron chi connectivity index (χ2n) is 5.74. The Labute approximate surface area is 168 Å². The maximum absolute atomic E-state index is 12.3. The summed E-state index contributed by atoms with van der Waals surface area (Å²) in [5.41, 5.74) is 1.27. The van der Waals surface area contributed by atoms with E-state index in [1.165, 1.54) is 0 Å². The third-order valence-electron chi connectivity index (χ3n) is 3.85. The fourth-order valence-electron chi connectivity index (χ4n) is 2.53. The minimum absolute atomic E-state index is 0.164. The molecular weight excluding hydrogens is 460 g/mol. The average Bonchev–Trinajstić information content (AvgIpc) is 2.64. The summed E-state index contributed by atoms with van der Waals surface area (Å²) in [7, 11) is 0. The number of benzene rings is 3. The summed E-state index contributed by atoms with van der Waals surface area (Å²) in [5, 5.41) is 7.70. The van der Waals surface area contributed by atoms with Crippen molar-refractivity contribution >= 4 is 60.1 Å². The predicted molar refractivity (Wildman–Crippen MR) is 111 cm³/mol. The van der Waals surface area contributed by atoms with Crippen molar-refractivity contribution in [3.8, 4) is 0 Å². The Hall–Kier alpha value is -2.18. The van der Waals surface area contributed by atoms with E-state index in [0.717, 1.165) is 19.7 Å². The molecule has 0 saturated heterocycles. The molecule has 0 atom stereocenters. The van der Waals surface area contributed by atoms with E-state index in [2.05, 4.69) is 42.5 Å². The molecule has 26 heavy (non-hydrogen) atoms. The number of anilines is 1. The molecule has 0 aliphatic carbocycles. The van der Waals surface area contributed by atoms with Gasteiger partial charge in [0.2, 0.25) is 5.91 Å². The molecule has 0 unspecified atom stereocenters. The molecule has 3 aromatic carbocycles. The second kappa shape index (κ2) is 8.47. The summed E-state index contributed by atoms with van der Waals surface area (Å²) in [5.74, 6) is -0.352. The fraction of sp³-hybridized carbons (Fsp3) is 0.100. The molecule has 0 bridgehead atoms. The highest BCUT2D eigenvalue weighted by molar-refractivity contribution is 9.11. The summed E-state index contributed by atoms with van der Waals surface area (Å²) in [6.45, 7) is 0.267.